The van der Waals surface area contributed by atoms with Crippen molar-refractivity contribution in [3.8, 4) is 11.5 Å². The number of benzene rings is 1. The zero-order valence-electron chi connectivity index (χ0n) is 18.1. The molecular weight excluding hydrogens is 418 g/mol. The van der Waals surface area contributed by atoms with Crippen LogP contribution in [0.2, 0.25) is 5.02 Å². The molecule has 1 aromatic heterocycles. The lowest BCUT2D eigenvalue weighted by Crippen LogP contribution is -2.54. The van der Waals surface area contributed by atoms with Crippen molar-refractivity contribution in [1.29, 1.82) is 0 Å². The van der Waals surface area contributed by atoms with Crippen LogP contribution in [0.5, 0.6) is 0 Å². The minimum Gasteiger partial charge on any atom is -0.419 e. The van der Waals surface area contributed by atoms with Crippen LogP contribution < -0.4 is 5.32 Å². The van der Waals surface area contributed by atoms with E-state index in [0.29, 0.717) is 29.8 Å². The van der Waals surface area contributed by atoms with Gasteiger partial charge in [-0.2, -0.15) is 0 Å². The van der Waals surface area contributed by atoms with Crippen molar-refractivity contribution in [2.45, 2.75) is 64.6 Å². The predicted molar refractivity (Wildman–Crippen MR) is 116 cm³/mol. The highest BCUT2D eigenvalue weighted by atomic mass is 35.5. The molecule has 1 saturated carbocycles. The number of aromatic nitrogens is 2. The lowest BCUT2D eigenvalue weighted by molar-refractivity contribution is -0.136. The summed E-state index contributed by atoms with van der Waals surface area (Å²) < 4.78 is 5.82. The Balaban J connectivity index is 1.48. The normalized spacial score (nSPS) is 23.9. The highest BCUT2D eigenvalue weighted by molar-refractivity contribution is 6.30. The number of carbonyl (C=O) groups excluding carboxylic acids is 2. The van der Waals surface area contributed by atoms with Crippen LogP contribution >= 0.6 is 11.6 Å². The molecule has 1 N–H and O–H groups in total. The van der Waals surface area contributed by atoms with E-state index in [1.54, 1.807) is 12.1 Å². The maximum atomic E-state index is 13.3. The highest BCUT2D eigenvalue weighted by Gasteiger charge is 2.55. The molecule has 2 atom stereocenters. The Hall–Kier alpha value is -2.45. The molecule has 1 aliphatic carbocycles. The third-order valence-corrected chi connectivity index (χ3v) is 6.70. The van der Waals surface area contributed by atoms with Gasteiger partial charge < -0.3 is 9.73 Å². The lowest BCUT2D eigenvalue weighted by Gasteiger charge is -2.37. The van der Waals surface area contributed by atoms with Crippen molar-refractivity contribution >= 4 is 23.5 Å². The van der Waals surface area contributed by atoms with E-state index in [1.165, 1.54) is 4.90 Å². The number of hydrogen-bond acceptors (Lipinski definition) is 6. The average molecular weight is 446 g/mol. The summed E-state index contributed by atoms with van der Waals surface area (Å²) in [5.74, 6) is 0.836. The van der Waals surface area contributed by atoms with Gasteiger partial charge in [-0.3, -0.25) is 9.69 Å². The van der Waals surface area contributed by atoms with Crippen molar-refractivity contribution in [2.75, 3.05) is 6.67 Å². The number of nitrogens with one attached hydrogen (secondary N) is 1. The van der Waals surface area contributed by atoms with Gasteiger partial charge in [0.05, 0.1) is 13.2 Å². The first kappa shape index (κ1) is 21.8. The number of imide groups is 1. The van der Waals surface area contributed by atoms with Crippen molar-refractivity contribution in [2.24, 2.45) is 5.92 Å². The molecule has 3 amide bonds. The van der Waals surface area contributed by atoms with E-state index in [1.807, 2.05) is 30.9 Å². The van der Waals surface area contributed by atoms with E-state index < -0.39 is 5.54 Å². The van der Waals surface area contributed by atoms with E-state index in [2.05, 4.69) is 22.4 Å². The molecule has 2 unspecified atom stereocenters. The van der Waals surface area contributed by atoms with Crippen molar-refractivity contribution in [1.82, 2.24) is 25.3 Å². The molecule has 1 aliphatic heterocycles. The quantitative estimate of drug-likeness (QED) is 0.674. The number of amides is 3. The van der Waals surface area contributed by atoms with E-state index in [9.17, 15) is 9.59 Å². The molecule has 1 spiro atoms. The van der Waals surface area contributed by atoms with Crippen LogP contribution in [-0.4, -0.2) is 50.2 Å². The standard InChI is InChI=1S/C22H28ClN5O3/c1-14(2)27(12-18-25-26-19(31-18)16-7-9-17(23)10-8-16)13-28-20(29)22(24-21(28)30)11-5-4-6-15(22)3/h7-10,14-15H,4-6,11-13H2,1-3H3,(H,24,30). The fraction of sp³-hybridized carbons (Fsp3) is 0.545. The molecule has 2 aliphatic rings. The van der Waals surface area contributed by atoms with E-state index in [0.717, 1.165) is 24.8 Å². The Morgan fingerprint density at radius 2 is 2.00 bits per heavy atom. The molecule has 4 rings (SSSR count). The number of rotatable bonds is 6. The van der Waals surface area contributed by atoms with Gasteiger partial charge in [0.25, 0.3) is 5.91 Å². The minimum atomic E-state index is -0.760. The largest absolute Gasteiger partial charge is 0.419 e. The first-order valence-corrected chi connectivity index (χ1v) is 11.1. The predicted octanol–water partition coefficient (Wildman–Crippen LogP) is 4.06. The average Bonchev–Trinajstić information content (AvgIpc) is 3.29. The molecule has 2 fully saturated rings. The van der Waals surface area contributed by atoms with Crippen LogP contribution in [0.1, 0.15) is 52.3 Å². The minimum absolute atomic E-state index is 0.0619. The molecular formula is C22H28ClN5O3. The van der Waals surface area contributed by atoms with Gasteiger partial charge in [-0.05, 0) is 56.9 Å². The van der Waals surface area contributed by atoms with Gasteiger partial charge in [-0.25, -0.2) is 9.69 Å². The van der Waals surface area contributed by atoms with Crippen molar-refractivity contribution < 1.29 is 14.0 Å². The van der Waals surface area contributed by atoms with Gasteiger partial charge in [0.2, 0.25) is 11.8 Å². The molecule has 2 heterocycles. The van der Waals surface area contributed by atoms with Gasteiger partial charge in [0.15, 0.2) is 0 Å². The van der Waals surface area contributed by atoms with Crippen LogP contribution in [0.4, 0.5) is 4.79 Å². The third-order valence-electron chi connectivity index (χ3n) is 6.45. The summed E-state index contributed by atoms with van der Waals surface area (Å²) in [6.45, 7) is 6.58. The van der Waals surface area contributed by atoms with Crippen LogP contribution in [0.3, 0.4) is 0 Å². The number of carbonyl (C=O) groups is 2. The molecule has 8 nitrogen and oxygen atoms in total. The first-order chi connectivity index (χ1) is 14.8. The van der Waals surface area contributed by atoms with Crippen molar-refractivity contribution in [3.05, 3.63) is 35.2 Å². The molecule has 31 heavy (non-hydrogen) atoms. The van der Waals surface area contributed by atoms with Crippen LogP contribution in [0.25, 0.3) is 11.5 Å². The second-order valence-corrected chi connectivity index (χ2v) is 9.21. The zero-order chi connectivity index (χ0) is 22.2. The Morgan fingerprint density at radius 1 is 1.26 bits per heavy atom. The number of halogens is 1. The molecule has 1 aromatic carbocycles. The lowest BCUT2D eigenvalue weighted by atomic mass is 9.73. The second-order valence-electron chi connectivity index (χ2n) is 8.77. The first-order valence-electron chi connectivity index (χ1n) is 10.8. The summed E-state index contributed by atoms with van der Waals surface area (Å²) >= 11 is 5.94. The monoisotopic (exact) mass is 445 g/mol. The van der Waals surface area contributed by atoms with E-state index >= 15 is 0 Å². The third kappa shape index (κ3) is 4.19. The summed E-state index contributed by atoms with van der Waals surface area (Å²) in [5, 5.41) is 11.9. The topological polar surface area (TPSA) is 91.6 Å². The fourth-order valence-electron chi connectivity index (χ4n) is 4.40. The van der Waals surface area contributed by atoms with Gasteiger partial charge in [-0.1, -0.05) is 31.4 Å². The second kappa shape index (κ2) is 8.59. The number of urea groups is 1. The maximum Gasteiger partial charge on any atom is 0.326 e. The summed E-state index contributed by atoms with van der Waals surface area (Å²) in [5.41, 5.74) is 0.0195. The Bertz CT molecular complexity index is 960. The molecule has 1 saturated heterocycles. The van der Waals surface area contributed by atoms with E-state index in [-0.39, 0.29) is 30.6 Å². The van der Waals surface area contributed by atoms with Crippen LogP contribution in [0, 0.1) is 5.92 Å². The molecule has 9 heteroatoms. The Morgan fingerprint density at radius 3 is 2.68 bits per heavy atom. The maximum absolute atomic E-state index is 13.3. The Labute approximate surface area is 186 Å². The van der Waals surface area contributed by atoms with Gasteiger partial charge >= 0.3 is 6.03 Å². The summed E-state index contributed by atoms with van der Waals surface area (Å²) in [7, 11) is 0. The number of hydrogen-bond donors (Lipinski definition) is 1. The van der Waals surface area contributed by atoms with Gasteiger partial charge in [-0.15, -0.1) is 10.2 Å². The van der Waals surface area contributed by atoms with Gasteiger partial charge in [0, 0.05) is 16.6 Å². The van der Waals surface area contributed by atoms with Crippen LogP contribution in [-0.2, 0) is 11.3 Å². The molecule has 0 bridgehead atoms. The van der Waals surface area contributed by atoms with Crippen molar-refractivity contribution in [3.63, 3.8) is 0 Å². The SMILES string of the molecule is CC(C)N(Cc1nnc(-c2ccc(Cl)cc2)o1)CN1C(=O)NC2(CCCCC2C)C1=O. The zero-order valence-corrected chi connectivity index (χ0v) is 18.9. The highest BCUT2D eigenvalue weighted by Crippen LogP contribution is 2.38. The summed E-state index contributed by atoms with van der Waals surface area (Å²) in [6, 6.07) is 6.90. The van der Waals surface area contributed by atoms with E-state index in [4.69, 9.17) is 16.0 Å². The smallest absolute Gasteiger partial charge is 0.326 e. The molecule has 0 radical (unpaired) electrons. The van der Waals surface area contributed by atoms with Gasteiger partial charge in [0.1, 0.15) is 5.54 Å². The Kier molecular flexibility index (Phi) is 6.03. The molecule has 2 aromatic rings. The summed E-state index contributed by atoms with van der Waals surface area (Å²) in [4.78, 5) is 29.3. The molecule has 166 valence electrons. The summed E-state index contributed by atoms with van der Waals surface area (Å²) in [6.07, 6.45) is 3.69. The van der Waals surface area contributed by atoms with Crippen LogP contribution in [0.15, 0.2) is 28.7 Å². The number of nitrogens with zero attached hydrogens (tertiary/aromatic N) is 4. The fourth-order valence-corrected chi connectivity index (χ4v) is 4.53.